The van der Waals surface area contributed by atoms with Crippen molar-refractivity contribution in [3.8, 4) is 0 Å². The third-order valence-electron chi connectivity index (χ3n) is 7.14. The molecule has 0 aromatic heterocycles. The van der Waals surface area contributed by atoms with Gasteiger partial charge >= 0.3 is 12.1 Å². The van der Waals surface area contributed by atoms with E-state index in [9.17, 15) is 31.5 Å². The molecule has 2 saturated heterocycles. The number of esters is 1. The molecule has 2 aliphatic rings. The number of hydrogen-bond acceptors (Lipinski definition) is 4. The van der Waals surface area contributed by atoms with E-state index in [1.54, 1.807) is 0 Å². The first kappa shape index (κ1) is 26.3. The Labute approximate surface area is 206 Å². The zero-order chi connectivity index (χ0) is 25.9. The maximum absolute atomic E-state index is 14.5. The molecule has 2 aromatic carbocycles. The van der Waals surface area contributed by atoms with Gasteiger partial charge in [-0.1, -0.05) is 36.4 Å². The number of halogens is 5. The summed E-state index contributed by atoms with van der Waals surface area (Å²) in [5.74, 6) is -5.47. The van der Waals surface area contributed by atoms with Crippen molar-refractivity contribution in [2.75, 3.05) is 13.1 Å². The van der Waals surface area contributed by atoms with Gasteiger partial charge in [-0.2, -0.15) is 13.2 Å². The number of ether oxygens (including phenoxy) is 1. The first-order valence-electron chi connectivity index (χ1n) is 12.2. The number of hydrogen-bond donors (Lipinski definition) is 0. The van der Waals surface area contributed by atoms with Crippen LogP contribution in [0.25, 0.3) is 0 Å². The van der Waals surface area contributed by atoms with Gasteiger partial charge in [-0.05, 0) is 56.3 Å². The highest BCUT2D eigenvalue weighted by molar-refractivity contribution is 5.88. The molecule has 0 amide bonds. The number of cyclic esters (lactones) is 1. The maximum Gasteiger partial charge on any atom is 0.419 e. The maximum atomic E-state index is 14.5. The Bertz CT molecular complexity index is 1080. The fraction of sp³-hybridized carbons (Fsp3) is 0.481. The van der Waals surface area contributed by atoms with Crippen LogP contribution in [0.4, 0.5) is 22.0 Å². The molecule has 4 rings (SSSR count). The van der Waals surface area contributed by atoms with Crippen LogP contribution < -0.4 is 0 Å². The quantitative estimate of drug-likeness (QED) is 0.312. The molecular weight excluding hydrogens is 481 g/mol. The Kier molecular flexibility index (Phi) is 8.07. The summed E-state index contributed by atoms with van der Waals surface area (Å²) in [6, 6.07) is 11.4. The average molecular weight is 510 g/mol. The molecular formula is C27H28F5NO3. The molecule has 2 heterocycles. The fourth-order valence-corrected chi connectivity index (χ4v) is 5.15. The van der Waals surface area contributed by atoms with Crippen LogP contribution in [0.3, 0.4) is 0 Å². The van der Waals surface area contributed by atoms with E-state index in [-0.39, 0.29) is 18.6 Å². The number of piperidine rings is 1. The normalized spacial score (nSPS) is 21.5. The lowest BCUT2D eigenvalue weighted by Gasteiger charge is -2.32. The first-order chi connectivity index (χ1) is 17.1. The van der Waals surface area contributed by atoms with Crippen LogP contribution >= 0.6 is 0 Å². The lowest BCUT2D eigenvalue weighted by Crippen LogP contribution is -2.33. The van der Waals surface area contributed by atoms with Gasteiger partial charge in [0.2, 0.25) is 0 Å². The summed E-state index contributed by atoms with van der Waals surface area (Å²) >= 11 is 0. The van der Waals surface area contributed by atoms with Crippen molar-refractivity contribution in [2.45, 2.75) is 57.3 Å². The van der Waals surface area contributed by atoms with Crippen molar-refractivity contribution < 1.29 is 36.3 Å². The highest BCUT2D eigenvalue weighted by atomic mass is 19.4. The summed E-state index contributed by atoms with van der Waals surface area (Å²) in [6.07, 6.45) is -3.19. The summed E-state index contributed by atoms with van der Waals surface area (Å²) in [6.45, 7) is 2.85. The summed E-state index contributed by atoms with van der Waals surface area (Å²) in [5.41, 5.74) is -1.02. The van der Waals surface area contributed by atoms with E-state index in [0.29, 0.717) is 18.4 Å². The van der Waals surface area contributed by atoms with E-state index >= 15 is 0 Å². The predicted molar refractivity (Wildman–Crippen MR) is 122 cm³/mol. The molecule has 9 heteroatoms. The van der Waals surface area contributed by atoms with E-state index < -0.39 is 46.9 Å². The Morgan fingerprint density at radius 2 is 1.69 bits per heavy atom. The fourth-order valence-electron chi connectivity index (χ4n) is 5.15. The number of likely N-dealkylation sites (tertiary alicyclic amines) is 1. The van der Waals surface area contributed by atoms with Gasteiger partial charge in [0.15, 0.2) is 11.6 Å². The second-order valence-corrected chi connectivity index (χ2v) is 9.61. The van der Waals surface area contributed by atoms with Crippen LogP contribution in [-0.4, -0.2) is 29.7 Å². The lowest BCUT2D eigenvalue weighted by atomic mass is 9.86. The number of carbonyl (C=O) groups excluding carboxylic acids is 2. The molecule has 2 aliphatic heterocycles. The van der Waals surface area contributed by atoms with E-state index in [2.05, 4.69) is 17.0 Å². The molecule has 0 saturated carbocycles. The highest BCUT2D eigenvalue weighted by Gasteiger charge is 2.43. The molecule has 2 atom stereocenters. The molecule has 194 valence electrons. The van der Waals surface area contributed by atoms with Crippen LogP contribution in [-0.2, 0) is 27.0 Å². The van der Waals surface area contributed by atoms with Crippen molar-refractivity contribution in [2.24, 2.45) is 11.8 Å². The summed E-state index contributed by atoms with van der Waals surface area (Å²) in [5, 5.41) is 0. The highest BCUT2D eigenvalue weighted by Crippen LogP contribution is 2.41. The third kappa shape index (κ3) is 6.11. The molecule has 0 aliphatic carbocycles. The largest absolute Gasteiger partial charge is 0.457 e. The van der Waals surface area contributed by atoms with Crippen molar-refractivity contribution in [3.05, 3.63) is 70.8 Å². The zero-order valence-corrected chi connectivity index (χ0v) is 19.7. The first-order valence-corrected chi connectivity index (χ1v) is 12.2. The van der Waals surface area contributed by atoms with Crippen molar-refractivity contribution in [1.29, 1.82) is 0 Å². The molecule has 0 N–H and O–H groups in total. The zero-order valence-electron chi connectivity index (χ0n) is 19.7. The number of carbonyl (C=O) groups is 2. The Morgan fingerprint density at radius 3 is 2.36 bits per heavy atom. The van der Waals surface area contributed by atoms with Gasteiger partial charge in [-0.25, -0.2) is 8.78 Å². The number of benzene rings is 2. The van der Waals surface area contributed by atoms with Gasteiger partial charge in [-0.15, -0.1) is 0 Å². The molecule has 0 bridgehead atoms. The smallest absolute Gasteiger partial charge is 0.419 e. The van der Waals surface area contributed by atoms with Crippen LogP contribution in [0.1, 0.15) is 61.3 Å². The standard InChI is InChI=1S/C27H28F5NO3/c28-24-19(9-10-21(25(24)29)27(30,31)32)26-20(15-23(35)36-26)22(34)8-4-7-17-11-13-33(14-12-17)16-18-5-2-1-3-6-18/h1-3,5-6,9-10,17,20,26H,4,7-8,11-16H2/t20-,26-/m1/s1. The number of Topliss-reactive ketones (excluding diaryl/α,β-unsaturated/α-hetero) is 1. The number of nitrogens with zero attached hydrogens (tertiary/aromatic N) is 1. The van der Waals surface area contributed by atoms with Gasteiger partial charge < -0.3 is 4.74 Å². The number of ketones is 1. The van der Waals surface area contributed by atoms with Gasteiger partial charge in [0.05, 0.1) is 17.9 Å². The Hall–Kier alpha value is -2.81. The van der Waals surface area contributed by atoms with Gasteiger partial charge in [0.25, 0.3) is 0 Å². The summed E-state index contributed by atoms with van der Waals surface area (Å²) in [4.78, 5) is 27.1. The number of alkyl halides is 3. The van der Waals surface area contributed by atoms with Crippen molar-refractivity contribution >= 4 is 11.8 Å². The van der Waals surface area contributed by atoms with Gasteiger partial charge in [0.1, 0.15) is 11.9 Å². The second-order valence-electron chi connectivity index (χ2n) is 9.61. The summed E-state index contributed by atoms with van der Waals surface area (Å²) in [7, 11) is 0. The van der Waals surface area contributed by atoms with Gasteiger partial charge in [-0.3, -0.25) is 14.5 Å². The SMILES string of the molecule is O=C1C[C@H](C(=O)CCCC2CCN(Cc3ccccc3)CC2)[C@@H](c2ccc(C(F)(F)F)c(F)c2F)O1. The minimum absolute atomic E-state index is 0.146. The number of rotatable bonds is 8. The molecule has 4 nitrogen and oxygen atoms in total. The Balaban J connectivity index is 1.29. The lowest BCUT2D eigenvalue weighted by molar-refractivity contribution is -0.143. The van der Waals surface area contributed by atoms with Crippen LogP contribution in [0.15, 0.2) is 42.5 Å². The molecule has 0 unspecified atom stereocenters. The third-order valence-corrected chi connectivity index (χ3v) is 7.14. The molecule has 36 heavy (non-hydrogen) atoms. The minimum Gasteiger partial charge on any atom is -0.457 e. The van der Waals surface area contributed by atoms with E-state index in [1.807, 2.05) is 18.2 Å². The van der Waals surface area contributed by atoms with Crippen molar-refractivity contribution in [1.82, 2.24) is 4.90 Å². The second kappa shape index (κ2) is 11.1. The summed E-state index contributed by atoms with van der Waals surface area (Å²) < 4.78 is 72.2. The predicted octanol–water partition coefficient (Wildman–Crippen LogP) is 6.24. The van der Waals surface area contributed by atoms with Crippen molar-refractivity contribution in [3.63, 3.8) is 0 Å². The Morgan fingerprint density at radius 1 is 1.00 bits per heavy atom. The minimum atomic E-state index is -5.07. The van der Waals surface area contributed by atoms with Crippen LogP contribution in [0, 0.1) is 23.5 Å². The van der Waals surface area contributed by atoms with Crippen LogP contribution in [0.2, 0.25) is 0 Å². The molecule has 2 aromatic rings. The average Bonchev–Trinajstić information content (AvgIpc) is 3.23. The van der Waals surface area contributed by atoms with E-state index in [4.69, 9.17) is 4.74 Å². The topological polar surface area (TPSA) is 46.6 Å². The van der Waals surface area contributed by atoms with E-state index in [1.165, 1.54) is 5.56 Å². The van der Waals surface area contributed by atoms with Gasteiger partial charge in [0, 0.05) is 18.5 Å². The monoisotopic (exact) mass is 509 g/mol. The van der Waals surface area contributed by atoms with E-state index in [0.717, 1.165) is 45.0 Å². The molecule has 2 fully saturated rings. The van der Waals surface area contributed by atoms with Crippen LogP contribution in [0.5, 0.6) is 0 Å². The molecule has 0 radical (unpaired) electrons. The molecule has 0 spiro atoms.